The van der Waals surface area contributed by atoms with Crippen LogP contribution in [0.15, 0.2) is 103 Å². The molecule has 13 nitrogen and oxygen atoms in total. The molecule has 0 aromatic heterocycles. The second kappa shape index (κ2) is 23.0. The number of esters is 3. The number of halogens is 1. The zero-order valence-electron chi connectivity index (χ0n) is 32.5. The van der Waals surface area contributed by atoms with Gasteiger partial charge in [-0.25, -0.2) is 9.59 Å². The molecule has 14 heteroatoms. The number of Topliss-reactive ketones (excluding diaryl/α,β-unsaturated/α-hetero) is 1. The Morgan fingerprint density at radius 2 is 1.28 bits per heavy atom. The van der Waals surface area contributed by atoms with Crippen molar-refractivity contribution in [3.8, 4) is 5.75 Å². The molecular formula is C44H47IO13. The van der Waals surface area contributed by atoms with Crippen LogP contribution in [0.4, 0.5) is 0 Å². The van der Waals surface area contributed by atoms with E-state index in [0.29, 0.717) is 31.1 Å². The quantitative estimate of drug-likeness (QED) is 0.0380. The Bertz CT molecular complexity index is 1920. The van der Waals surface area contributed by atoms with Gasteiger partial charge in [0.05, 0.1) is 61.3 Å². The Labute approximate surface area is 351 Å². The minimum Gasteiger partial charge on any atom is -0.496 e. The fourth-order valence-electron chi connectivity index (χ4n) is 5.91. The maximum absolute atomic E-state index is 13.8. The van der Waals surface area contributed by atoms with Gasteiger partial charge >= 0.3 is 17.9 Å². The lowest BCUT2D eigenvalue weighted by Crippen LogP contribution is -2.62. The number of hydrogen-bond acceptors (Lipinski definition) is 13. The maximum Gasteiger partial charge on any atom is 0.338 e. The van der Waals surface area contributed by atoms with E-state index < -0.39 is 55.2 Å². The van der Waals surface area contributed by atoms with Crippen LogP contribution in [0.3, 0.4) is 0 Å². The number of rotatable bonds is 21. The van der Waals surface area contributed by atoms with Gasteiger partial charge in [0, 0.05) is 13.5 Å². The van der Waals surface area contributed by atoms with Gasteiger partial charge in [0.15, 0.2) is 18.5 Å². The molecular weight excluding hydrogens is 863 g/mol. The molecule has 1 fully saturated rings. The SMILES string of the molecule is COCCOCc1ccc(CO[C@@H]2O[C@H](COC(=O)c3ccccc3)[C@H](OC(=O)CCC(C)=O)[C@H](OCc3ccc(OC)c(I)c3)[C@H]2OC(=O)c2ccccc2)cc1. The highest BCUT2D eigenvalue weighted by Gasteiger charge is 2.52. The standard InChI is InChI=1S/C44H47IO13/c1-29(46)14-21-38(47)57-39-37(28-54-42(48)33-10-6-4-7-11-33)56-44(55-26-31-17-15-30(16-18-31)25-52-23-22-50-2)41(58-43(49)34-12-8-5-9-13-34)40(39)53-27-32-19-20-36(51-3)35(45)24-32/h4-13,15-20,24,37,39-41,44H,14,21-23,25-28H2,1-3H3/t37-,39+,40+,41-,44-/m1/s1. The van der Waals surface area contributed by atoms with Gasteiger partial charge in [-0.15, -0.1) is 0 Å². The number of hydrogen-bond donors (Lipinski definition) is 0. The number of carbonyl (C=O) groups is 4. The van der Waals surface area contributed by atoms with Crippen LogP contribution >= 0.6 is 22.6 Å². The summed E-state index contributed by atoms with van der Waals surface area (Å²) in [7, 11) is 3.19. The third-order valence-corrected chi connectivity index (χ3v) is 9.82. The average Bonchev–Trinajstić information content (AvgIpc) is 3.24. The summed E-state index contributed by atoms with van der Waals surface area (Å²) in [4.78, 5) is 52.1. The van der Waals surface area contributed by atoms with E-state index in [9.17, 15) is 19.2 Å². The fourth-order valence-corrected chi connectivity index (χ4v) is 6.71. The normalized spacial score (nSPS) is 18.9. The number of methoxy groups -OCH3 is 2. The molecule has 0 N–H and O–H groups in total. The van der Waals surface area contributed by atoms with Crippen LogP contribution in [0.25, 0.3) is 0 Å². The summed E-state index contributed by atoms with van der Waals surface area (Å²) in [6.45, 7) is 2.31. The van der Waals surface area contributed by atoms with Crippen molar-refractivity contribution in [1.29, 1.82) is 0 Å². The van der Waals surface area contributed by atoms with Gasteiger partial charge in [0.25, 0.3) is 0 Å². The Kier molecular flexibility index (Phi) is 17.6. The van der Waals surface area contributed by atoms with Crippen molar-refractivity contribution in [3.05, 3.63) is 135 Å². The van der Waals surface area contributed by atoms with Crippen LogP contribution in [-0.2, 0) is 67.3 Å². The predicted molar refractivity (Wildman–Crippen MR) is 218 cm³/mol. The van der Waals surface area contributed by atoms with Gasteiger partial charge in [-0.05, 0) is 82.6 Å². The van der Waals surface area contributed by atoms with Crippen LogP contribution in [0, 0.1) is 3.57 Å². The molecule has 58 heavy (non-hydrogen) atoms. The van der Waals surface area contributed by atoms with Crippen molar-refractivity contribution in [2.24, 2.45) is 0 Å². The number of ketones is 1. The van der Waals surface area contributed by atoms with E-state index in [2.05, 4.69) is 22.6 Å². The maximum atomic E-state index is 13.8. The Morgan fingerprint density at radius 3 is 1.90 bits per heavy atom. The van der Waals surface area contributed by atoms with Crippen LogP contribution in [-0.4, -0.2) is 88.4 Å². The van der Waals surface area contributed by atoms with Crippen LogP contribution in [0.1, 0.15) is 57.2 Å². The minimum atomic E-state index is -1.31. The number of carbonyl (C=O) groups excluding carboxylic acids is 4. The van der Waals surface area contributed by atoms with Crippen molar-refractivity contribution in [1.82, 2.24) is 0 Å². The molecule has 0 bridgehead atoms. The van der Waals surface area contributed by atoms with E-state index in [1.807, 2.05) is 36.4 Å². The van der Waals surface area contributed by atoms with Gasteiger partial charge in [0.2, 0.25) is 0 Å². The lowest BCUT2D eigenvalue weighted by Gasteiger charge is -2.44. The lowest BCUT2D eigenvalue weighted by atomic mass is 9.97. The molecule has 4 aromatic carbocycles. The molecule has 0 radical (unpaired) electrons. The second-order valence-corrected chi connectivity index (χ2v) is 14.5. The molecule has 1 aliphatic rings. The summed E-state index contributed by atoms with van der Waals surface area (Å²) < 4.78 is 54.3. The summed E-state index contributed by atoms with van der Waals surface area (Å²) in [5, 5.41) is 0. The third-order valence-electron chi connectivity index (χ3n) is 8.98. The largest absolute Gasteiger partial charge is 0.496 e. The summed E-state index contributed by atoms with van der Waals surface area (Å²) in [5.74, 6) is -1.61. The Morgan fingerprint density at radius 1 is 0.655 bits per heavy atom. The molecule has 0 saturated carbocycles. The van der Waals surface area contributed by atoms with Gasteiger partial charge in [0.1, 0.15) is 30.3 Å². The summed E-state index contributed by atoms with van der Waals surface area (Å²) >= 11 is 2.15. The van der Waals surface area contributed by atoms with Crippen molar-refractivity contribution in [2.75, 3.05) is 34.0 Å². The van der Waals surface area contributed by atoms with Crippen molar-refractivity contribution in [3.63, 3.8) is 0 Å². The third kappa shape index (κ3) is 13.4. The smallest absolute Gasteiger partial charge is 0.338 e. The van der Waals surface area contributed by atoms with E-state index in [1.54, 1.807) is 80.9 Å². The first kappa shape index (κ1) is 44.4. The first-order valence-corrected chi connectivity index (χ1v) is 19.8. The van der Waals surface area contributed by atoms with E-state index >= 15 is 0 Å². The number of ether oxygens (including phenoxy) is 9. The molecule has 4 aromatic rings. The van der Waals surface area contributed by atoms with Gasteiger partial charge in [-0.2, -0.15) is 0 Å². The lowest BCUT2D eigenvalue weighted by molar-refractivity contribution is -0.312. The number of benzene rings is 4. The average molecular weight is 911 g/mol. The van der Waals surface area contributed by atoms with E-state index in [0.717, 1.165) is 20.3 Å². The zero-order chi connectivity index (χ0) is 41.3. The summed E-state index contributed by atoms with van der Waals surface area (Å²) in [6.07, 6.45) is -6.60. The van der Waals surface area contributed by atoms with Crippen LogP contribution in [0.5, 0.6) is 5.75 Å². The van der Waals surface area contributed by atoms with E-state index in [4.69, 9.17) is 42.6 Å². The highest BCUT2D eigenvalue weighted by Crippen LogP contribution is 2.32. The van der Waals surface area contributed by atoms with E-state index in [1.165, 1.54) is 6.92 Å². The van der Waals surface area contributed by atoms with Crippen LogP contribution in [0.2, 0.25) is 0 Å². The molecule has 0 amide bonds. The zero-order valence-corrected chi connectivity index (χ0v) is 34.7. The second-order valence-electron chi connectivity index (χ2n) is 13.3. The van der Waals surface area contributed by atoms with Gasteiger partial charge in [-0.1, -0.05) is 66.7 Å². The summed E-state index contributed by atoms with van der Waals surface area (Å²) in [6, 6.07) is 29.8. The first-order chi connectivity index (χ1) is 28.1. The highest BCUT2D eigenvalue weighted by atomic mass is 127. The molecule has 1 aliphatic heterocycles. The molecule has 308 valence electrons. The van der Waals surface area contributed by atoms with Gasteiger partial charge in [-0.3, -0.25) is 4.79 Å². The molecule has 5 rings (SSSR count). The topological polar surface area (TPSA) is 151 Å². The summed E-state index contributed by atoms with van der Waals surface area (Å²) in [5.41, 5.74) is 3.00. The van der Waals surface area contributed by atoms with Gasteiger partial charge < -0.3 is 47.4 Å². The molecule has 0 aliphatic carbocycles. The first-order valence-electron chi connectivity index (χ1n) is 18.7. The molecule has 5 atom stereocenters. The van der Waals surface area contributed by atoms with Crippen molar-refractivity contribution >= 4 is 46.3 Å². The Balaban J connectivity index is 1.49. The molecule has 0 spiro atoms. The Hall–Kier alpha value is -4.71. The van der Waals surface area contributed by atoms with Crippen molar-refractivity contribution in [2.45, 2.75) is 70.3 Å². The highest BCUT2D eigenvalue weighted by molar-refractivity contribution is 14.1. The molecule has 0 unspecified atom stereocenters. The fraction of sp³-hybridized carbons (Fsp3) is 0.364. The van der Waals surface area contributed by atoms with E-state index in [-0.39, 0.29) is 37.4 Å². The molecule has 1 heterocycles. The van der Waals surface area contributed by atoms with Crippen LogP contribution < -0.4 is 4.74 Å². The monoisotopic (exact) mass is 910 g/mol. The minimum absolute atomic E-state index is 0.0118. The molecule has 1 saturated heterocycles. The van der Waals surface area contributed by atoms with Crippen molar-refractivity contribution < 1.29 is 61.8 Å². The predicted octanol–water partition coefficient (Wildman–Crippen LogP) is 6.65.